The van der Waals surface area contributed by atoms with Crippen molar-refractivity contribution in [3.8, 4) is 0 Å². The first-order valence-corrected chi connectivity index (χ1v) is 10.3. The van der Waals surface area contributed by atoms with Crippen LogP contribution in [-0.2, 0) is 24.3 Å². The van der Waals surface area contributed by atoms with Gasteiger partial charge in [0.1, 0.15) is 6.04 Å². The number of hydrogen-bond acceptors (Lipinski definition) is 7. The Morgan fingerprint density at radius 3 is 2.21 bits per heavy atom. The van der Waals surface area contributed by atoms with Gasteiger partial charge < -0.3 is 15.2 Å². The number of esters is 1. The van der Waals surface area contributed by atoms with E-state index in [4.69, 9.17) is 16.3 Å². The summed E-state index contributed by atoms with van der Waals surface area (Å²) in [5, 5.41) is 14.5. The number of hydrogen-bond donors (Lipinski definition) is 4. The molecule has 0 spiro atoms. The molecule has 1 aromatic carbocycles. The molecule has 0 fully saturated rings. The Morgan fingerprint density at radius 2 is 1.72 bits per heavy atom. The summed E-state index contributed by atoms with van der Waals surface area (Å²) in [4.78, 5) is 35.3. The zero-order valence-corrected chi connectivity index (χ0v) is 17.9. The first-order chi connectivity index (χ1) is 13.2. The van der Waals surface area contributed by atoms with E-state index in [-0.39, 0.29) is 4.90 Å². The number of ether oxygens (including phenoxy) is 1. The molecule has 0 unspecified atom stereocenters. The number of sulfonamides is 1. The highest BCUT2D eigenvalue weighted by molar-refractivity contribution is 7.89. The van der Waals surface area contributed by atoms with Crippen LogP contribution in [0.3, 0.4) is 0 Å². The van der Waals surface area contributed by atoms with Gasteiger partial charge in [-0.2, -0.15) is 4.72 Å². The van der Waals surface area contributed by atoms with E-state index in [0.29, 0.717) is 5.02 Å². The average molecular weight is 450 g/mol. The predicted molar refractivity (Wildman–Crippen MR) is 105 cm³/mol. The third kappa shape index (κ3) is 8.77. The van der Waals surface area contributed by atoms with Crippen LogP contribution >= 0.6 is 11.6 Å². The van der Waals surface area contributed by atoms with E-state index in [1.807, 2.05) is 10.0 Å². The lowest BCUT2D eigenvalue weighted by Crippen LogP contribution is -2.51. The van der Waals surface area contributed by atoms with Crippen LogP contribution in [0.1, 0.15) is 27.7 Å². The Labute approximate surface area is 174 Å². The van der Waals surface area contributed by atoms with E-state index in [1.165, 1.54) is 31.2 Å². The minimum Gasteiger partial charge on any atom is -0.454 e. The number of carbonyl (C=O) groups excluding carboxylic acids is 3. The van der Waals surface area contributed by atoms with Crippen molar-refractivity contribution in [1.29, 1.82) is 0 Å². The largest absolute Gasteiger partial charge is 0.454 e. The summed E-state index contributed by atoms with van der Waals surface area (Å²) < 4.78 is 31.5. The number of imide groups is 1. The predicted octanol–water partition coefficient (Wildman–Crippen LogP) is 0.535. The van der Waals surface area contributed by atoms with E-state index in [2.05, 4.69) is 5.32 Å². The van der Waals surface area contributed by atoms with Crippen molar-refractivity contribution < 1.29 is 32.6 Å². The van der Waals surface area contributed by atoms with Crippen molar-refractivity contribution in [1.82, 2.24) is 15.4 Å². The molecule has 0 aliphatic rings. The molecule has 0 aromatic heterocycles. The van der Waals surface area contributed by atoms with E-state index in [0.717, 1.165) is 0 Å². The first-order valence-electron chi connectivity index (χ1n) is 8.46. The summed E-state index contributed by atoms with van der Waals surface area (Å²) in [6.07, 6.45) is -1.46. The highest BCUT2D eigenvalue weighted by Gasteiger charge is 2.31. The zero-order chi connectivity index (χ0) is 22.4. The van der Waals surface area contributed by atoms with E-state index in [1.54, 1.807) is 20.8 Å². The molecule has 0 bridgehead atoms. The van der Waals surface area contributed by atoms with Crippen LogP contribution < -0.4 is 15.4 Å². The van der Waals surface area contributed by atoms with Crippen LogP contribution in [0.4, 0.5) is 4.79 Å². The number of rotatable bonds is 7. The van der Waals surface area contributed by atoms with Crippen molar-refractivity contribution in [3.05, 3.63) is 29.3 Å². The quantitative estimate of drug-likeness (QED) is 0.443. The van der Waals surface area contributed by atoms with Gasteiger partial charge in [-0.3, -0.25) is 14.9 Å². The number of nitrogens with one attached hydrogen (secondary N) is 3. The molecular formula is C17H24ClN3O7S. The van der Waals surface area contributed by atoms with Crippen molar-refractivity contribution in [2.45, 2.75) is 50.3 Å². The van der Waals surface area contributed by atoms with Gasteiger partial charge in [0, 0.05) is 10.6 Å². The van der Waals surface area contributed by atoms with Gasteiger partial charge in [-0.05, 0) is 52.0 Å². The lowest BCUT2D eigenvalue weighted by molar-refractivity contribution is -0.152. The molecule has 0 heterocycles. The fraction of sp³-hybridized carbons (Fsp3) is 0.471. The summed E-state index contributed by atoms with van der Waals surface area (Å²) in [6, 6.07) is 2.67. The Kier molecular flexibility index (Phi) is 8.57. The number of benzene rings is 1. The molecule has 1 rings (SSSR count). The standard InChI is InChI=1S/C17H24ClN3O7S/c1-10(22)14(21-29(26,27)12-7-5-11(18)6-8-12)15(24)28-9-13(23)19-16(25)20-17(2,3)4/h5-8,10,14,21-22H,9H2,1-4H3,(H2,19,20,23,25)/t10-,14-/m1/s1. The van der Waals surface area contributed by atoms with Gasteiger partial charge >= 0.3 is 12.0 Å². The molecule has 0 saturated carbocycles. The summed E-state index contributed by atoms with van der Waals surface area (Å²) in [6.45, 7) is 5.45. The van der Waals surface area contributed by atoms with Gasteiger partial charge in [0.05, 0.1) is 11.0 Å². The number of carbonyl (C=O) groups is 3. The molecule has 0 radical (unpaired) electrons. The maximum atomic E-state index is 12.4. The summed E-state index contributed by atoms with van der Waals surface area (Å²) in [5.41, 5.74) is -0.585. The monoisotopic (exact) mass is 449 g/mol. The Bertz CT molecular complexity index is 849. The smallest absolute Gasteiger partial charge is 0.327 e. The minimum atomic E-state index is -4.18. The van der Waals surface area contributed by atoms with Crippen molar-refractivity contribution in [2.75, 3.05) is 6.61 Å². The lowest BCUT2D eigenvalue weighted by atomic mass is 10.1. The van der Waals surface area contributed by atoms with E-state index < -0.39 is 52.2 Å². The SMILES string of the molecule is C[C@@H](O)[C@@H](NS(=O)(=O)c1ccc(Cl)cc1)C(=O)OCC(=O)NC(=O)NC(C)(C)C. The van der Waals surface area contributed by atoms with Gasteiger partial charge in [-0.15, -0.1) is 0 Å². The van der Waals surface area contributed by atoms with E-state index >= 15 is 0 Å². The van der Waals surface area contributed by atoms with Gasteiger partial charge in [0.15, 0.2) is 6.61 Å². The maximum absolute atomic E-state index is 12.4. The Balaban J connectivity index is 2.72. The molecule has 10 nitrogen and oxygen atoms in total. The third-order valence-electron chi connectivity index (χ3n) is 3.23. The molecule has 0 saturated heterocycles. The molecule has 3 amide bonds. The highest BCUT2D eigenvalue weighted by Crippen LogP contribution is 2.15. The summed E-state index contributed by atoms with van der Waals surface area (Å²) >= 11 is 5.71. The fourth-order valence-corrected chi connectivity index (χ4v) is 3.34. The van der Waals surface area contributed by atoms with Crippen LogP contribution in [0.15, 0.2) is 29.2 Å². The van der Waals surface area contributed by atoms with Crippen LogP contribution in [0.5, 0.6) is 0 Å². The van der Waals surface area contributed by atoms with Gasteiger partial charge in [-0.25, -0.2) is 13.2 Å². The molecule has 29 heavy (non-hydrogen) atoms. The van der Waals surface area contributed by atoms with Gasteiger partial charge in [-0.1, -0.05) is 11.6 Å². The average Bonchev–Trinajstić information content (AvgIpc) is 2.56. The number of aliphatic hydroxyl groups is 1. The molecule has 4 N–H and O–H groups in total. The number of urea groups is 1. The van der Waals surface area contributed by atoms with Gasteiger partial charge in [0.2, 0.25) is 10.0 Å². The second-order valence-corrected chi connectivity index (χ2v) is 9.30. The summed E-state index contributed by atoms with van der Waals surface area (Å²) in [7, 11) is -4.18. The van der Waals surface area contributed by atoms with Crippen LogP contribution in [0.2, 0.25) is 5.02 Å². The second-order valence-electron chi connectivity index (χ2n) is 7.15. The van der Waals surface area contributed by atoms with Gasteiger partial charge in [0.25, 0.3) is 5.91 Å². The number of aliphatic hydroxyl groups excluding tert-OH is 1. The third-order valence-corrected chi connectivity index (χ3v) is 4.94. The van der Waals surface area contributed by atoms with E-state index in [9.17, 15) is 27.9 Å². The topological polar surface area (TPSA) is 151 Å². The molecule has 2 atom stereocenters. The maximum Gasteiger partial charge on any atom is 0.327 e. The Hall–Kier alpha value is -2.21. The molecule has 162 valence electrons. The fourth-order valence-electron chi connectivity index (χ4n) is 1.95. The molecular weight excluding hydrogens is 426 g/mol. The van der Waals surface area contributed by atoms with Crippen molar-refractivity contribution in [3.63, 3.8) is 0 Å². The van der Waals surface area contributed by atoms with Crippen LogP contribution in [0.25, 0.3) is 0 Å². The second kappa shape index (κ2) is 10.0. The Morgan fingerprint density at radius 1 is 1.17 bits per heavy atom. The molecule has 0 aliphatic carbocycles. The van der Waals surface area contributed by atoms with Crippen LogP contribution in [-0.4, -0.2) is 55.7 Å². The number of halogens is 1. The lowest BCUT2D eigenvalue weighted by Gasteiger charge is -2.21. The van der Waals surface area contributed by atoms with Crippen LogP contribution in [0, 0.1) is 0 Å². The number of amides is 3. The van der Waals surface area contributed by atoms with Crippen molar-refractivity contribution in [2.24, 2.45) is 0 Å². The molecule has 1 aromatic rings. The molecule has 0 aliphatic heterocycles. The highest BCUT2D eigenvalue weighted by atomic mass is 35.5. The van der Waals surface area contributed by atoms with Crippen molar-refractivity contribution >= 4 is 39.5 Å². The summed E-state index contributed by atoms with van der Waals surface area (Å²) in [5.74, 6) is -2.12. The first kappa shape index (κ1) is 24.8. The minimum absolute atomic E-state index is 0.183. The zero-order valence-electron chi connectivity index (χ0n) is 16.4. The molecule has 12 heteroatoms. The normalized spacial score (nSPS) is 13.9.